The highest BCUT2D eigenvalue weighted by molar-refractivity contribution is 5.76. The summed E-state index contributed by atoms with van der Waals surface area (Å²) in [5, 5.41) is 12.2. The Balaban J connectivity index is 1.58. The zero-order valence-electron chi connectivity index (χ0n) is 14.9. The lowest BCUT2D eigenvalue weighted by atomic mass is 10.2. The fourth-order valence-corrected chi connectivity index (χ4v) is 2.64. The normalized spacial score (nSPS) is 10.9. The fourth-order valence-electron chi connectivity index (χ4n) is 2.64. The summed E-state index contributed by atoms with van der Waals surface area (Å²) >= 11 is 0. The number of aromatic nitrogens is 4. The molecular formula is C18H20FN5O2. The van der Waals surface area contributed by atoms with Gasteiger partial charge in [0.05, 0.1) is 5.69 Å². The van der Waals surface area contributed by atoms with Gasteiger partial charge in [-0.2, -0.15) is 5.10 Å². The standard InChI is InChI=1S/C18H20FN5O2/c1-12-10-15(24(3)22-12)18-21-20-16(26-18)8-9-17(25)23(2)11-13-6-4-5-7-14(13)19/h4-7,10H,8-9,11H2,1-3H3. The van der Waals surface area contributed by atoms with Gasteiger partial charge in [0, 0.05) is 39.0 Å². The molecule has 0 aliphatic carbocycles. The first-order valence-electron chi connectivity index (χ1n) is 8.25. The van der Waals surface area contributed by atoms with Crippen molar-refractivity contribution in [2.45, 2.75) is 26.3 Å². The van der Waals surface area contributed by atoms with Gasteiger partial charge < -0.3 is 9.32 Å². The molecule has 0 saturated carbocycles. The number of amides is 1. The monoisotopic (exact) mass is 357 g/mol. The van der Waals surface area contributed by atoms with Crippen molar-refractivity contribution in [3.63, 3.8) is 0 Å². The van der Waals surface area contributed by atoms with Gasteiger partial charge in [-0.05, 0) is 19.1 Å². The number of hydrogen-bond acceptors (Lipinski definition) is 5. The molecule has 0 atom stereocenters. The van der Waals surface area contributed by atoms with Crippen molar-refractivity contribution in [1.29, 1.82) is 0 Å². The Morgan fingerprint density at radius 1 is 1.31 bits per heavy atom. The smallest absolute Gasteiger partial charge is 0.265 e. The van der Waals surface area contributed by atoms with Crippen LogP contribution >= 0.6 is 0 Å². The van der Waals surface area contributed by atoms with Gasteiger partial charge in [-0.25, -0.2) is 4.39 Å². The predicted molar refractivity (Wildman–Crippen MR) is 92.4 cm³/mol. The molecule has 0 bridgehead atoms. The number of halogens is 1. The van der Waals surface area contributed by atoms with E-state index in [9.17, 15) is 9.18 Å². The van der Waals surface area contributed by atoms with E-state index in [2.05, 4.69) is 15.3 Å². The molecule has 0 aliphatic heterocycles. The van der Waals surface area contributed by atoms with E-state index in [1.807, 2.05) is 13.0 Å². The molecule has 0 radical (unpaired) electrons. The van der Waals surface area contributed by atoms with Crippen LogP contribution < -0.4 is 0 Å². The molecule has 0 aliphatic rings. The molecule has 1 aromatic carbocycles. The molecule has 26 heavy (non-hydrogen) atoms. The van der Waals surface area contributed by atoms with Gasteiger partial charge in [-0.15, -0.1) is 10.2 Å². The number of hydrogen-bond donors (Lipinski definition) is 0. The van der Waals surface area contributed by atoms with Crippen LogP contribution in [0, 0.1) is 12.7 Å². The summed E-state index contributed by atoms with van der Waals surface area (Å²) < 4.78 is 21.0. The first-order valence-corrected chi connectivity index (χ1v) is 8.25. The van der Waals surface area contributed by atoms with Gasteiger partial charge >= 0.3 is 0 Å². The van der Waals surface area contributed by atoms with E-state index in [-0.39, 0.29) is 24.7 Å². The Kier molecular flexibility index (Phi) is 5.11. The second-order valence-electron chi connectivity index (χ2n) is 6.14. The maximum Gasteiger partial charge on any atom is 0.265 e. The predicted octanol–water partition coefficient (Wildman–Crippen LogP) is 2.51. The van der Waals surface area contributed by atoms with Crippen molar-refractivity contribution in [2.75, 3.05) is 7.05 Å². The summed E-state index contributed by atoms with van der Waals surface area (Å²) in [6, 6.07) is 8.27. The van der Waals surface area contributed by atoms with E-state index < -0.39 is 0 Å². The molecule has 3 aromatic rings. The van der Waals surface area contributed by atoms with Crippen LogP contribution in [0.25, 0.3) is 11.6 Å². The van der Waals surface area contributed by atoms with Gasteiger partial charge in [0.1, 0.15) is 11.5 Å². The molecule has 0 fully saturated rings. The fraction of sp³-hybridized carbons (Fsp3) is 0.333. The molecule has 136 valence electrons. The average molecular weight is 357 g/mol. The third-order valence-corrected chi connectivity index (χ3v) is 4.03. The van der Waals surface area contributed by atoms with Crippen LogP contribution in [0.5, 0.6) is 0 Å². The summed E-state index contributed by atoms with van der Waals surface area (Å²) in [6.07, 6.45) is 0.529. The second-order valence-corrected chi connectivity index (χ2v) is 6.14. The van der Waals surface area contributed by atoms with Crippen molar-refractivity contribution >= 4 is 5.91 Å². The summed E-state index contributed by atoms with van der Waals surface area (Å²) in [6.45, 7) is 2.10. The maximum atomic E-state index is 13.7. The van der Waals surface area contributed by atoms with E-state index in [0.717, 1.165) is 11.4 Å². The minimum absolute atomic E-state index is 0.121. The lowest BCUT2D eigenvalue weighted by Crippen LogP contribution is -2.26. The Bertz CT molecular complexity index is 918. The molecule has 0 saturated heterocycles. The van der Waals surface area contributed by atoms with Gasteiger partial charge in [0.25, 0.3) is 5.89 Å². The first-order chi connectivity index (χ1) is 12.4. The van der Waals surface area contributed by atoms with Gasteiger partial charge in [0.15, 0.2) is 0 Å². The molecule has 0 unspecified atom stereocenters. The van der Waals surface area contributed by atoms with Crippen molar-refractivity contribution in [3.8, 4) is 11.6 Å². The number of carbonyl (C=O) groups excluding carboxylic acids is 1. The highest BCUT2D eigenvalue weighted by atomic mass is 19.1. The molecule has 8 heteroatoms. The van der Waals surface area contributed by atoms with Gasteiger partial charge in [-0.1, -0.05) is 18.2 Å². The summed E-state index contributed by atoms with van der Waals surface area (Å²) in [7, 11) is 3.44. The second kappa shape index (κ2) is 7.47. The van der Waals surface area contributed by atoms with Crippen LogP contribution in [0.2, 0.25) is 0 Å². The third kappa shape index (κ3) is 3.96. The SMILES string of the molecule is Cc1cc(-c2nnc(CCC(=O)N(C)Cc3ccccc3F)o2)n(C)n1. The summed E-state index contributed by atoms with van der Waals surface area (Å²) in [5.41, 5.74) is 2.06. The van der Waals surface area contributed by atoms with E-state index >= 15 is 0 Å². The average Bonchev–Trinajstić information content (AvgIpc) is 3.20. The third-order valence-electron chi connectivity index (χ3n) is 4.03. The Hall–Kier alpha value is -3.03. The Morgan fingerprint density at radius 2 is 2.08 bits per heavy atom. The molecule has 2 aromatic heterocycles. The van der Waals surface area contributed by atoms with E-state index in [4.69, 9.17) is 4.42 Å². The largest absolute Gasteiger partial charge is 0.419 e. The highest BCUT2D eigenvalue weighted by Gasteiger charge is 2.16. The molecular weight excluding hydrogens is 337 g/mol. The number of aryl methyl sites for hydroxylation is 3. The number of benzene rings is 1. The Labute approximate surface area is 150 Å². The number of carbonyl (C=O) groups is 1. The molecule has 3 rings (SSSR count). The highest BCUT2D eigenvalue weighted by Crippen LogP contribution is 2.19. The summed E-state index contributed by atoms with van der Waals surface area (Å²) in [5.74, 6) is 0.311. The van der Waals surface area contributed by atoms with E-state index in [1.54, 1.807) is 37.0 Å². The molecule has 2 heterocycles. The van der Waals surface area contributed by atoms with Gasteiger partial charge in [0.2, 0.25) is 11.8 Å². The van der Waals surface area contributed by atoms with Crippen LogP contribution in [0.1, 0.15) is 23.6 Å². The van der Waals surface area contributed by atoms with E-state index in [1.165, 1.54) is 11.0 Å². The van der Waals surface area contributed by atoms with Crippen LogP contribution in [-0.4, -0.2) is 37.8 Å². The topological polar surface area (TPSA) is 77.0 Å². The molecule has 0 spiro atoms. The minimum atomic E-state index is -0.319. The lowest BCUT2D eigenvalue weighted by Gasteiger charge is -2.17. The zero-order chi connectivity index (χ0) is 18.7. The molecule has 7 nitrogen and oxygen atoms in total. The first kappa shape index (κ1) is 17.8. The molecule has 1 amide bonds. The van der Waals surface area contributed by atoms with Crippen molar-refractivity contribution in [2.24, 2.45) is 7.05 Å². The summed E-state index contributed by atoms with van der Waals surface area (Å²) in [4.78, 5) is 13.8. The van der Waals surface area contributed by atoms with Crippen molar-refractivity contribution < 1.29 is 13.6 Å². The minimum Gasteiger partial charge on any atom is -0.419 e. The number of rotatable bonds is 6. The van der Waals surface area contributed by atoms with Crippen LogP contribution in [-0.2, 0) is 24.8 Å². The zero-order valence-corrected chi connectivity index (χ0v) is 14.9. The van der Waals surface area contributed by atoms with Crippen molar-refractivity contribution in [1.82, 2.24) is 24.9 Å². The lowest BCUT2D eigenvalue weighted by molar-refractivity contribution is -0.130. The van der Waals surface area contributed by atoms with Crippen LogP contribution in [0.3, 0.4) is 0 Å². The van der Waals surface area contributed by atoms with E-state index in [0.29, 0.717) is 23.8 Å². The van der Waals surface area contributed by atoms with Crippen molar-refractivity contribution in [3.05, 3.63) is 53.3 Å². The quantitative estimate of drug-likeness (QED) is 0.677. The maximum absolute atomic E-state index is 13.7. The molecule has 0 N–H and O–H groups in total. The van der Waals surface area contributed by atoms with Gasteiger partial charge in [-0.3, -0.25) is 9.48 Å². The Morgan fingerprint density at radius 3 is 2.77 bits per heavy atom. The number of nitrogens with zero attached hydrogens (tertiary/aromatic N) is 5. The van der Waals surface area contributed by atoms with Crippen LogP contribution in [0.4, 0.5) is 4.39 Å². The van der Waals surface area contributed by atoms with Crippen LogP contribution in [0.15, 0.2) is 34.7 Å².